The van der Waals surface area contributed by atoms with Gasteiger partial charge < -0.3 is 5.32 Å². The zero-order valence-electron chi connectivity index (χ0n) is 12.8. The number of hydrogen-bond donors (Lipinski definition) is 1. The number of hydrogen-bond acceptors (Lipinski definition) is 1. The minimum Gasteiger partial charge on any atom is -0.323 e. The Morgan fingerprint density at radius 2 is 1.42 bits per heavy atom. The maximum Gasteiger partial charge on any atom is 0.416 e. The molecule has 2 aromatic rings. The first-order chi connectivity index (χ1) is 12.0. The van der Waals surface area contributed by atoms with Crippen molar-refractivity contribution in [3.63, 3.8) is 0 Å². The predicted molar refractivity (Wildman–Crippen MR) is 85.6 cm³/mol. The Bertz CT molecular complexity index is 825. The van der Waals surface area contributed by atoms with Crippen molar-refractivity contribution in [1.82, 2.24) is 0 Å². The predicted octanol–water partition coefficient (Wildman–Crippen LogP) is 6.03. The fourth-order valence-electron chi connectivity index (χ4n) is 1.94. The van der Waals surface area contributed by atoms with Gasteiger partial charge in [-0.1, -0.05) is 11.6 Å². The van der Waals surface area contributed by atoms with Crippen LogP contribution in [0.2, 0.25) is 5.02 Å². The molecule has 2 aromatic carbocycles. The normalized spacial score (nSPS) is 12.4. The molecule has 0 bridgehead atoms. The Kier molecular flexibility index (Phi) is 5.65. The minimum absolute atomic E-state index is 0.0107. The topological polar surface area (TPSA) is 29.1 Å². The fraction of sp³-hybridized carbons (Fsp3) is 0.118. The lowest BCUT2D eigenvalue weighted by Crippen LogP contribution is -2.09. The largest absolute Gasteiger partial charge is 0.416 e. The van der Waals surface area contributed by atoms with Crippen LogP contribution in [0.3, 0.4) is 0 Å². The van der Waals surface area contributed by atoms with Crippen LogP contribution in [0.4, 0.5) is 32.0 Å². The van der Waals surface area contributed by atoms with Crippen molar-refractivity contribution >= 4 is 29.3 Å². The Morgan fingerprint density at radius 1 is 0.885 bits per heavy atom. The number of rotatable bonds is 3. The molecule has 138 valence electrons. The molecular formula is C17H10ClF6NO. The van der Waals surface area contributed by atoms with Crippen LogP contribution in [0.15, 0.2) is 48.5 Å². The third-order valence-electron chi connectivity index (χ3n) is 3.22. The van der Waals surface area contributed by atoms with E-state index >= 15 is 0 Å². The van der Waals surface area contributed by atoms with Crippen LogP contribution in [0.1, 0.15) is 16.7 Å². The lowest BCUT2D eigenvalue weighted by atomic mass is 10.1. The van der Waals surface area contributed by atoms with E-state index in [4.69, 9.17) is 11.6 Å². The summed E-state index contributed by atoms with van der Waals surface area (Å²) in [5, 5.41) is 2.31. The molecule has 26 heavy (non-hydrogen) atoms. The first-order valence-electron chi connectivity index (χ1n) is 7.00. The second-order valence-corrected chi connectivity index (χ2v) is 5.54. The minimum atomic E-state index is -4.56. The second-order valence-electron chi connectivity index (χ2n) is 5.13. The SMILES string of the molecule is O=C(/C=C/c1cc(C(F)(F)F)ccc1Cl)Nc1ccc(C(F)(F)F)cc1. The van der Waals surface area contributed by atoms with Gasteiger partial charge in [-0.25, -0.2) is 0 Å². The number of carbonyl (C=O) groups is 1. The quantitative estimate of drug-likeness (QED) is 0.500. The molecule has 0 spiro atoms. The van der Waals surface area contributed by atoms with Crippen LogP contribution < -0.4 is 5.32 Å². The molecule has 0 aliphatic rings. The summed E-state index contributed by atoms with van der Waals surface area (Å²) in [5.41, 5.74) is -1.72. The highest BCUT2D eigenvalue weighted by molar-refractivity contribution is 6.32. The number of amides is 1. The third kappa shape index (κ3) is 5.26. The van der Waals surface area contributed by atoms with E-state index in [1.165, 1.54) is 0 Å². The Balaban J connectivity index is 2.10. The molecule has 1 N–H and O–H groups in total. The zero-order valence-corrected chi connectivity index (χ0v) is 13.5. The average Bonchev–Trinajstić information content (AvgIpc) is 2.52. The summed E-state index contributed by atoms with van der Waals surface area (Å²) < 4.78 is 75.4. The summed E-state index contributed by atoms with van der Waals surface area (Å²) in [7, 11) is 0. The summed E-state index contributed by atoms with van der Waals surface area (Å²) >= 11 is 5.79. The van der Waals surface area contributed by atoms with Crippen molar-refractivity contribution in [2.24, 2.45) is 0 Å². The van der Waals surface area contributed by atoms with E-state index in [9.17, 15) is 31.1 Å². The first kappa shape index (κ1) is 19.8. The Morgan fingerprint density at radius 3 is 1.96 bits per heavy atom. The van der Waals surface area contributed by atoms with E-state index in [-0.39, 0.29) is 16.3 Å². The number of nitrogens with one attached hydrogen (secondary N) is 1. The van der Waals surface area contributed by atoms with E-state index < -0.39 is 29.4 Å². The lowest BCUT2D eigenvalue weighted by Gasteiger charge is -2.09. The summed E-state index contributed by atoms with van der Waals surface area (Å²) in [6.45, 7) is 0. The van der Waals surface area contributed by atoms with Crippen LogP contribution in [-0.4, -0.2) is 5.91 Å². The van der Waals surface area contributed by atoms with Gasteiger partial charge in [0.1, 0.15) is 0 Å². The highest BCUT2D eigenvalue weighted by Gasteiger charge is 2.31. The van der Waals surface area contributed by atoms with Gasteiger partial charge in [-0.3, -0.25) is 4.79 Å². The molecule has 0 aromatic heterocycles. The summed E-state index contributed by atoms with van der Waals surface area (Å²) in [6.07, 6.45) is -7.05. The van der Waals surface area contributed by atoms with Crippen LogP contribution in [0, 0.1) is 0 Å². The van der Waals surface area contributed by atoms with Crippen molar-refractivity contribution in [3.8, 4) is 0 Å². The van der Waals surface area contributed by atoms with Crippen molar-refractivity contribution in [1.29, 1.82) is 0 Å². The second kappa shape index (κ2) is 7.41. The van der Waals surface area contributed by atoms with Crippen LogP contribution in [0.25, 0.3) is 6.08 Å². The van der Waals surface area contributed by atoms with Gasteiger partial charge in [0.2, 0.25) is 5.91 Å². The maximum absolute atomic E-state index is 12.7. The van der Waals surface area contributed by atoms with Gasteiger partial charge in [0.05, 0.1) is 11.1 Å². The van der Waals surface area contributed by atoms with Crippen LogP contribution in [0.5, 0.6) is 0 Å². The molecule has 0 saturated heterocycles. The van der Waals surface area contributed by atoms with Crippen molar-refractivity contribution in [2.75, 3.05) is 5.32 Å². The van der Waals surface area contributed by atoms with Crippen molar-refractivity contribution in [2.45, 2.75) is 12.4 Å². The molecule has 2 nitrogen and oxygen atoms in total. The molecule has 2 rings (SSSR count). The molecule has 0 atom stereocenters. The van der Waals surface area contributed by atoms with Gasteiger partial charge in [-0.15, -0.1) is 0 Å². The third-order valence-corrected chi connectivity index (χ3v) is 3.56. The molecule has 1 amide bonds. The van der Waals surface area contributed by atoms with Gasteiger partial charge in [-0.2, -0.15) is 26.3 Å². The highest BCUT2D eigenvalue weighted by atomic mass is 35.5. The van der Waals surface area contributed by atoms with Crippen LogP contribution >= 0.6 is 11.6 Å². The number of carbonyl (C=O) groups excluding carboxylic acids is 1. The maximum atomic E-state index is 12.7. The van der Waals surface area contributed by atoms with Gasteiger partial charge in [0.15, 0.2) is 0 Å². The molecule has 9 heteroatoms. The van der Waals surface area contributed by atoms with E-state index in [1.54, 1.807) is 0 Å². The molecule has 0 heterocycles. The summed E-state index contributed by atoms with van der Waals surface area (Å²) in [4.78, 5) is 11.8. The molecule has 0 saturated carbocycles. The van der Waals surface area contributed by atoms with Gasteiger partial charge in [0.25, 0.3) is 0 Å². The lowest BCUT2D eigenvalue weighted by molar-refractivity contribution is -0.138. The van der Waals surface area contributed by atoms with E-state index in [1.807, 2.05) is 0 Å². The van der Waals surface area contributed by atoms with Crippen molar-refractivity contribution in [3.05, 3.63) is 70.3 Å². The molecule has 0 fully saturated rings. The molecular weight excluding hydrogens is 384 g/mol. The Hall–Kier alpha value is -2.48. The van der Waals surface area contributed by atoms with E-state index in [2.05, 4.69) is 5.32 Å². The number of alkyl halides is 6. The van der Waals surface area contributed by atoms with Crippen LogP contribution in [-0.2, 0) is 17.1 Å². The van der Waals surface area contributed by atoms with Crippen molar-refractivity contribution < 1.29 is 31.1 Å². The van der Waals surface area contributed by atoms with Gasteiger partial charge in [0, 0.05) is 16.8 Å². The molecule has 0 aliphatic heterocycles. The van der Waals surface area contributed by atoms with E-state index in [0.717, 1.165) is 54.6 Å². The molecule has 0 radical (unpaired) electrons. The molecule has 0 aliphatic carbocycles. The van der Waals surface area contributed by atoms with Gasteiger partial charge in [-0.05, 0) is 54.1 Å². The first-order valence-corrected chi connectivity index (χ1v) is 7.38. The Labute approximate surface area is 149 Å². The number of halogens is 7. The summed E-state index contributed by atoms with van der Waals surface area (Å²) in [5.74, 6) is -0.738. The standard InChI is InChI=1S/C17H10ClF6NO/c18-14-7-4-12(17(22,23)24)9-10(14)1-8-15(26)25-13-5-2-11(3-6-13)16(19,20)21/h1-9H,(H,25,26)/b8-1+. The fourth-order valence-corrected chi connectivity index (χ4v) is 2.12. The van der Waals surface area contributed by atoms with E-state index in [0.29, 0.717) is 0 Å². The number of benzene rings is 2. The smallest absolute Gasteiger partial charge is 0.323 e. The average molecular weight is 394 g/mol. The monoisotopic (exact) mass is 393 g/mol. The summed E-state index contributed by atoms with van der Waals surface area (Å²) in [6, 6.07) is 6.35. The highest BCUT2D eigenvalue weighted by Crippen LogP contribution is 2.32. The zero-order chi connectivity index (χ0) is 19.5. The van der Waals surface area contributed by atoms with Gasteiger partial charge >= 0.3 is 12.4 Å². The number of anilines is 1. The molecule has 0 unspecified atom stereocenters.